The molecule has 0 saturated carbocycles. The second kappa shape index (κ2) is 6.41. The topological polar surface area (TPSA) is 53.4 Å². The summed E-state index contributed by atoms with van der Waals surface area (Å²) in [5.41, 5.74) is 4.86. The van der Waals surface area contributed by atoms with E-state index in [1.807, 2.05) is 30.3 Å². The molecule has 0 aliphatic carbocycles. The van der Waals surface area contributed by atoms with E-state index in [1.165, 1.54) is 6.20 Å². The zero-order chi connectivity index (χ0) is 15.4. The number of aliphatic hydroxyl groups is 1. The number of hydrogen-bond donors (Lipinski definition) is 2. The number of aromatic hydroxyl groups is 1. The normalized spacial score (nSPS) is 10.6. The van der Waals surface area contributed by atoms with Crippen LogP contribution in [-0.2, 0) is 6.42 Å². The third-order valence-electron chi connectivity index (χ3n) is 3.59. The Hall–Kier alpha value is -2.65. The number of benzene rings is 2. The summed E-state index contributed by atoms with van der Waals surface area (Å²) in [7, 11) is 0. The fraction of sp³-hybridized carbons (Fsp3) is 0.105. The van der Waals surface area contributed by atoms with E-state index in [4.69, 9.17) is 0 Å². The van der Waals surface area contributed by atoms with E-state index >= 15 is 0 Å². The fourth-order valence-corrected chi connectivity index (χ4v) is 2.53. The molecule has 0 aliphatic rings. The number of pyridine rings is 1. The summed E-state index contributed by atoms with van der Waals surface area (Å²) >= 11 is 0. The largest absolute Gasteiger partial charge is 0.506 e. The van der Waals surface area contributed by atoms with Crippen LogP contribution in [-0.4, -0.2) is 21.8 Å². The van der Waals surface area contributed by atoms with Crippen molar-refractivity contribution in [1.82, 2.24) is 4.98 Å². The molecular formula is C19H17NO2. The van der Waals surface area contributed by atoms with Crippen molar-refractivity contribution in [2.45, 2.75) is 6.42 Å². The Morgan fingerprint density at radius 1 is 0.818 bits per heavy atom. The highest BCUT2D eigenvalue weighted by molar-refractivity contribution is 5.74. The highest BCUT2D eigenvalue weighted by Crippen LogP contribution is 2.30. The van der Waals surface area contributed by atoms with Gasteiger partial charge in [-0.1, -0.05) is 48.5 Å². The molecule has 3 nitrogen and oxygen atoms in total. The van der Waals surface area contributed by atoms with Gasteiger partial charge in [0.1, 0.15) is 5.75 Å². The molecule has 3 rings (SSSR count). The van der Waals surface area contributed by atoms with Gasteiger partial charge in [0.2, 0.25) is 0 Å². The Kier molecular flexibility index (Phi) is 4.17. The average Bonchev–Trinajstić information content (AvgIpc) is 2.58. The maximum absolute atomic E-state index is 9.73. The molecule has 0 atom stereocenters. The van der Waals surface area contributed by atoms with Gasteiger partial charge in [0.25, 0.3) is 0 Å². The van der Waals surface area contributed by atoms with Crippen LogP contribution in [0.15, 0.2) is 66.9 Å². The summed E-state index contributed by atoms with van der Waals surface area (Å²) in [6.45, 7) is 0.0309. The van der Waals surface area contributed by atoms with Gasteiger partial charge in [-0.05, 0) is 28.8 Å². The highest BCUT2D eigenvalue weighted by Gasteiger charge is 2.09. The van der Waals surface area contributed by atoms with Gasteiger partial charge in [-0.25, -0.2) is 0 Å². The molecule has 0 aliphatic heterocycles. The van der Waals surface area contributed by atoms with Crippen LogP contribution in [0.5, 0.6) is 5.75 Å². The molecule has 110 valence electrons. The van der Waals surface area contributed by atoms with Gasteiger partial charge in [0.15, 0.2) is 0 Å². The summed E-state index contributed by atoms with van der Waals surface area (Å²) in [4.78, 5) is 4.24. The van der Waals surface area contributed by atoms with Gasteiger partial charge in [-0.3, -0.25) is 4.98 Å². The first-order valence-corrected chi connectivity index (χ1v) is 7.22. The maximum atomic E-state index is 9.73. The number of rotatable bonds is 4. The first-order valence-electron chi connectivity index (χ1n) is 7.22. The van der Waals surface area contributed by atoms with Crippen LogP contribution in [0.25, 0.3) is 22.3 Å². The molecular weight excluding hydrogens is 274 g/mol. The lowest BCUT2D eigenvalue weighted by molar-refractivity contribution is 0.298. The van der Waals surface area contributed by atoms with Gasteiger partial charge in [0, 0.05) is 18.6 Å². The Labute approximate surface area is 129 Å². The lowest BCUT2D eigenvalue weighted by Crippen LogP contribution is -1.97. The minimum absolute atomic E-state index is 0.0309. The van der Waals surface area contributed by atoms with Gasteiger partial charge in [-0.15, -0.1) is 0 Å². The first kappa shape index (κ1) is 14.3. The van der Waals surface area contributed by atoms with Crippen LogP contribution < -0.4 is 0 Å². The van der Waals surface area contributed by atoms with Crippen molar-refractivity contribution in [3.05, 3.63) is 72.6 Å². The third-order valence-corrected chi connectivity index (χ3v) is 3.59. The smallest absolute Gasteiger partial charge is 0.134 e. The van der Waals surface area contributed by atoms with Gasteiger partial charge in [-0.2, -0.15) is 0 Å². The predicted molar refractivity (Wildman–Crippen MR) is 87.6 cm³/mol. The molecule has 22 heavy (non-hydrogen) atoms. The second-order valence-corrected chi connectivity index (χ2v) is 5.11. The Bertz CT molecular complexity index is 769. The van der Waals surface area contributed by atoms with Crippen molar-refractivity contribution in [3.8, 4) is 28.0 Å². The van der Waals surface area contributed by atoms with Gasteiger partial charge < -0.3 is 10.2 Å². The summed E-state index contributed by atoms with van der Waals surface area (Å²) in [6.07, 6.45) is 1.88. The van der Waals surface area contributed by atoms with Crippen molar-refractivity contribution in [2.75, 3.05) is 6.61 Å². The maximum Gasteiger partial charge on any atom is 0.134 e. The summed E-state index contributed by atoms with van der Waals surface area (Å²) in [5.74, 6) is 0.127. The Morgan fingerprint density at radius 3 is 2.32 bits per heavy atom. The molecule has 2 N–H and O–H groups in total. The zero-order valence-corrected chi connectivity index (χ0v) is 12.1. The number of nitrogens with zero attached hydrogens (tertiary/aromatic N) is 1. The van der Waals surface area contributed by atoms with Crippen molar-refractivity contribution in [2.24, 2.45) is 0 Å². The SMILES string of the molecule is OCCc1ncc(O)cc1-c1cccc(-c2ccccc2)c1. The van der Waals surface area contributed by atoms with Crippen molar-refractivity contribution in [3.63, 3.8) is 0 Å². The standard InChI is InChI=1S/C19H17NO2/c21-10-9-19-18(12-17(22)13-20-19)16-8-4-7-15(11-16)14-5-2-1-3-6-14/h1-8,11-13,21-22H,9-10H2. The predicted octanol–water partition coefficient (Wildman–Crippen LogP) is 3.66. The molecule has 1 aromatic heterocycles. The summed E-state index contributed by atoms with van der Waals surface area (Å²) in [5, 5.41) is 18.9. The molecule has 3 aromatic rings. The number of aliphatic hydroxyl groups excluding tert-OH is 1. The van der Waals surface area contributed by atoms with Crippen molar-refractivity contribution < 1.29 is 10.2 Å². The van der Waals surface area contributed by atoms with Crippen LogP contribution in [0.1, 0.15) is 5.69 Å². The zero-order valence-electron chi connectivity index (χ0n) is 12.1. The van der Waals surface area contributed by atoms with Gasteiger partial charge >= 0.3 is 0 Å². The molecule has 0 spiro atoms. The van der Waals surface area contributed by atoms with Crippen LogP contribution in [0.2, 0.25) is 0 Å². The third kappa shape index (κ3) is 3.00. The number of hydrogen-bond acceptors (Lipinski definition) is 3. The molecule has 2 aromatic carbocycles. The van der Waals surface area contributed by atoms with Crippen LogP contribution >= 0.6 is 0 Å². The van der Waals surface area contributed by atoms with Gasteiger partial charge in [0.05, 0.1) is 11.9 Å². The van der Waals surface area contributed by atoms with E-state index in [2.05, 4.69) is 29.2 Å². The summed E-state index contributed by atoms with van der Waals surface area (Å²) < 4.78 is 0. The van der Waals surface area contributed by atoms with E-state index in [9.17, 15) is 10.2 Å². The van der Waals surface area contributed by atoms with E-state index in [1.54, 1.807) is 6.07 Å². The molecule has 0 unspecified atom stereocenters. The highest BCUT2D eigenvalue weighted by atomic mass is 16.3. The average molecular weight is 291 g/mol. The lowest BCUT2D eigenvalue weighted by Gasteiger charge is -2.10. The lowest BCUT2D eigenvalue weighted by atomic mass is 9.97. The molecule has 0 radical (unpaired) electrons. The fourth-order valence-electron chi connectivity index (χ4n) is 2.53. The molecule has 3 heteroatoms. The minimum atomic E-state index is 0.0309. The monoisotopic (exact) mass is 291 g/mol. The summed E-state index contributed by atoms with van der Waals surface area (Å²) in [6, 6.07) is 19.9. The molecule has 0 amide bonds. The van der Waals surface area contributed by atoms with Crippen molar-refractivity contribution in [1.29, 1.82) is 0 Å². The Balaban J connectivity index is 2.08. The quantitative estimate of drug-likeness (QED) is 0.771. The first-order chi connectivity index (χ1) is 10.8. The minimum Gasteiger partial charge on any atom is -0.506 e. The number of aromatic nitrogens is 1. The molecule has 1 heterocycles. The molecule has 0 bridgehead atoms. The molecule has 0 fully saturated rings. The van der Waals surface area contributed by atoms with E-state index < -0.39 is 0 Å². The second-order valence-electron chi connectivity index (χ2n) is 5.11. The van der Waals surface area contributed by atoms with Crippen LogP contribution in [0.4, 0.5) is 0 Å². The van der Waals surface area contributed by atoms with Crippen molar-refractivity contribution >= 4 is 0 Å². The van der Waals surface area contributed by atoms with E-state index in [0.717, 1.165) is 27.9 Å². The molecule has 0 saturated heterocycles. The van der Waals surface area contributed by atoms with Crippen LogP contribution in [0.3, 0.4) is 0 Å². The Morgan fingerprint density at radius 2 is 1.55 bits per heavy atom. The van der Waals surface area contributed by atoms with Crippen LogP contribution in [0, 0.1) is 0 Å². The van der Waals surface area contributed by atoms with E-state index in [-0.39, 0.29) is 12.4 Å². The van der Waals surface area contributed by atoms with E-state index in [0.29, 0.717) is 6.42 Å².